The summed E-state index contributed by atoms with van der Waals surface area (Å²) in [6.07, 6.45) is 1.73. The average molecular weight is 351 g/mol. The monoisotopic (exact) mass is 351 g/mol. The number of aromatic nitrogens is 1. The van der Waals surface area contributed by atoms with Gasteiger partial charge in [-0.1, -0.05) is 12.1 Å². The second kappa shape index (κ2) is 6.38. The fourth-order valence-corrected chi connectivity index (χ4v) is 4.77. The lowest BCUT2D eigenvalue weighted by Crippen LogP contribution is -2.29. The van der Waals surface area contributed by atoms with Crippen LogP contribution in [0.3, 0.4) is 0 Å². The van der Waals surface area contributed by atoms with Crippen LogP contribution in [0.25, 0.3) is 0 Å². The molecule has 1 aromatic heterocycles. The Kier molecular flexibility index (Phi) is 4.47. The Morgan fingerprint density at radius 1 is 1.26 bits per heavy atom. The molecule has 8 heteroatoms. The highest BCUT2D eigenvalue weighted by Gasteiger charge is 2.29. The summed E-state index contributed by atoms with van der Waals surface area (Å²) in [5.74, 6) is -0.404. The van der Waals surface area contributed by atoms with Crippen LogP contribution in [0.2, 0.25) is 0 Å². The molecule has 0 radical (unpaired) electrons. The highest BCUT2D eigenvalue weighted by Crippen LogP contribution is 2.27. The van der Waals surface area contributed by atoms with Gasteiger partial charge in [-0.2, -0.15) is 4.31 Å². The van der Waals surface area contributed by atoms with Gasteiger partial charge < -0.3 is 5.32 Å². The summed E-state index contributed by atoms with van der Waals surface area (Å²) in [5.41, 5.74) is 0.580. The normalized spacial score (nSPS) is 15.7. The molecule has 6 nitrogen and oxygen atoms in total. The summed E-state index contributed by atoms with van der Waals surface area (Å²) in [4.78, 5) is 16.5. The second-order valence-electron chi connectivity index (χ2n) is 5.31. The molecule has 0 atom stereocenters. The largest absolute Gasteiger partial charge is 0.319 e. The minimum Gasteiger partial charge on any atom is -0.319 e. The first-order chi connectivity index (χ1) is 11.0. The Labute approximate surface area is 139 Å². The van der Waals surface area contributed by atoms with Gasteiger partial charge in [0.2, 0.25) is 10.0 Å². The lowest BCUT2D eigenvalue weighted by atomic mass is 10.3. The summed E-state index contributed by atoms with van der Waals surface area (Å²) in [6.45, 7) is 2.86. The van der Waals surface area contributed by atoms with Gasteiger partial charge in [0.1, 0.15) is 10.6 Å². The maximum atomic E-state index is 12.7. The molecule has 0 spiro atoms. The third-order valence-corrected chi connectivity index (χ3v) is 6.40. The number of carbonyl (C=O) groups is 1. The molecule has 0 bridgehead atoms. The Morgan fingerprint density at radius 2 is 1.96 bits per heavy atom. The van der Waals surface area contributed by atoms with Crippen molar-refractivity contribution in [1.29, 1.82) is 0 Å². The predicted octanol–water partition coefficient (Wildman–Crippen LogP) is 2.49. The van der Waals surface area contributed by atoms with Crippen molar-refractivity contribution in [3.05, 3.63) is 40.3 Å². The minimum absolute atomic E-state index is 0.127. The number of anilines is 1. The molecule has 1 aromatic carbocycles. The number of benzene rings is 1. The van der Waals surface area contributed by atoms with E-state index in [-0.39, 0.29) is 10.6 Å². The molecule has 1 aliphatic rings. The van der Waals surface area contributed by atoms with Crippen molar-refractivity contribution in [2.24, 2.45) is 0 Å². The van der Waals surface area contributed by atoms with E-state index in [1.54, 1.807) is 23.6 Å². The van der Waals surface area contributed by atoms with E-state index in [1.807, 2.05) is 6.92 Å². The van der Waals surface area contributed by atoms with E-state index in [4.69, 9.17) is 0 Å². The Bertz CT molecular complexity index is 824. The highest BCUT2D eigenvalue weighted by molar-refractivity contribution is 7.89. The van der Waals surface area contributed by atoms with E-state index in [2.05, 4.69) is 10.3 Å². The number of aryl methyl sites for hydroxylation is 1. The van der Waals surface area contributed by atoms with Crippen molar-refractivity contribution in [2.75, 3.05) is 18.4 Å². The summed E-state index contributed by atoms with van der Waals surface area (Å²) < 4.78 is 26.9. The van der Waals surface area contributed by atoms with E-state index in [0.29, 0.717) is 18.8 Å². The van der Waals surface area contributed by atoms with Crippen LogP contribution in [-0.2, 0) is 10.0 Å². The molecule has 1 amide bonds. The lowest BCUT2D eigenvalue weighted by molar-refractivity contribution is 0.102. The Morgan fingerprint density at radius 3 is 2.61 bits per heavy atom. The van der Waals surface area contributed by atoms with Crippen molar-refractivity contribution >= 4 is 33.0 Å². The molecular weight excluding hydrogens is 334 g/mol. The zero-order valence-electron chi connectivity index (χ0n) is 12.7. The van der Waals surface area contributed by atoms with Crippen molar-refractivity contribution in [2.45, 2.75) is 24.7 Å². The topological polar surface area (TPSA) is 79.4 Å². The van der Waals surface area contributed by atoms with Gasteiger partial charge >= 0.3 is 0 Å². The SMILES string of the molecule is Cc1nc(C(=O)Nc2ccccc2S(=O)(=O)N2CCCC2)cs1. The molecule has 1 N–H and O–H groups in total. The molecule has 1 fully saturated rings. The van der Waals surface area contributed by atoms with E-state index in [0.717, 1.165) is 17.8 Å². The van der Waals surface area contributed by atoms with Crippen molar-refractivity contribution in [1.82, 2.24) is 9.29 Å². The molecule has 1 aliphatic heterocycles. The van der Waals surface area contributed by atoms with E-state index in [9.17, 15) is 13.2 Å². The standard InChI is InChI=1S/C15H17N3O3S2/c1-11-16-13(10-22-11)15(19)17-12-6-2-3-7-14(12)23(20,21)18-8-4-5-9-18/h2-3,6-7,10H,4-5,8-9H2,1H3,(H,17,19). The smallest absolute Gasteiger partial charge is 0.275 e. The first-order valence-corrected chi connectivity index (χ1v) is 9.63. The van der Waals surface area contributed by atoms with Gasteiger partial charge in [-0.3, -0.25) is 4.79 Å². The van der Waals surface area contributed by atoms with Crippen molar-refractivity contribution < 1.29 is 13.2 Å². The zero-order chi connectivity index (χ0) is 16.4. The van der Waals surface area contributed by atoms with E-state index in [1.165, 1.54) is 21.7 Å². The van der Waals surface area contributed by atoms with Crippen LogP contribution in [0, 0.1) is 6.92 Å². The fourth-order valence-electron chi connectivity index (χ4n) is 2.52. The number of hydrogen-bond acceptors (Lipinski definition) is 5. The average Bonchev–Trinajstić information content (AvgIpc) is 3.19. The van der Waals surface area contributed by atoms with Gasteiger partial charge in [-0.15, -0.1) is 11.3 Å². The zero-order valence-corrected chi connectivity index (χ0v) is 14.3. The summed E-state index contributed by atoms with van der Waals surface area (Å²) in [5, 5.41) is 5.11. The minimum atomic E-state index is -3.59. The maximum absolute atomic E-state index is 12.7. The van der Waals surface area contributed by atoms with Crippen LogP contribution in [0.15, 0.2) is 34.5 Å². The number of nitrogens with zero attached hydrogens (tertiary/aromatic N) is 2. The van der Waals surface area contributed by atoms with Gasteiger partial charge in [-0.25, -0.2) is 13.4 Å². The van der Waals surface area contributed by atoms with Gasteiger partial charge in [-0.05, 0) is 31.9 Å². The Balaban J connectivity index is 1.90. The molecule has 0 saturated carbocycles. The van der Waals surface area contributed by atoms with Gasteiger partial charge in [0, 0.05) is 18.5 Å². The second-order valence-corrected chi connectivity index (χ2v) is 8.28. The van der Waals surface area contributed by atoms with Gasteiger partial charge in [0.25, 0.3) is 5.91 Å². The number of hydrogen-bond donors (Lipinski definition) is 1. The number of para-hydroxylation sites is 1. The van der Waals surface area contributed by atoms with Crippen LogP contribution in [0.4, 0.5) is 5.69 Å². The molecule has 3 rings (SSSR count). The summed E-state index contributed by atoms with van der Waals surface area (Å²) in [7, 11) is -3.59. The molecule has 122 valence electrons. The number of rotatable bonds is 4. The predicted molar refractivity (Wildman–Crippen MR) is 89.2 cm³/mol. The maximum Gasteiger partial charge on any atom is 0.275 e. The molecule has 23 heavy (non-hydrogen) atoms. The van der Waals surface area contributed by atoms with E-state index >= 15 is 0 Å². The van der Waals surface area contributed by atoms with Crippen LogP contribution in [0.5, 0.6) is 0 Å². The van der Waals surface area contributed by atoms with Crippen molar-refractivity contribution in [3.63, 3.8) is 0 Å². The van der Waals surface area contributed by atoms with E-state index < -0.39 is 15.9 Å². The Hall–Kier alpha value is -1.77. The fraction of sp³-hybridized carbons (Fsp3) is 0.333. The van der Waals surface area contributed by atoms with Gasteiger partial charge in [0.15, 0.2) is 0 Å². The third kappa shape index (κ3) is 3.29. The molecule has 2 aromatic rings. The van der Waals surface area contributed by atoms with Crippen molar-refractivity contribution in [3.8, 4) is 0 Å². The highest BCUT2D eigenvalue weighted by atomic mass is 32.2. The molecular formula is C15H17N3O3S2. The third-order valence-electron chi connectivity index (χ3n) is 3.67. The number of carbonyl (C=O) groups excluding carboxylic acids is 1. The van der Waals surface area contributed by atoms with Crippen LogP contribution in [0.1, 0.15) is 28.3 Å². The van der Waals surface area contributed by atoms with Crippen LogP contribution < -0.4 is 5.32 Å². The molecule has 1 saturated heterocycles. The number of amides is 1. The first kappa shape index (κ1) is 16.1. The number of nitrogens with one attached hydrogen (secondary N) is 1. The molecule has 2 heterocycles. The molecule has 0 aliphatic carbocycles. The molecule has 0 unspecified atom stereocenters. The first-order valence-electron chi connectivity index (χ1n) is 7.31. The number of thiazole rings is 1. The lowest BCUT2D eigenvalue weighted by Gasteiger charge is -2.18. The summed E-state index contributed by atoms with van der Waals surface area (Å²) in [6, 6.07) is 6.48. The number of sulfonamides is 1. The quantitative estimate of drug-likeness (QED) is 0.918. The van der Waals surface area contributed by atoms with Crippen LogP contribution in [-0.4, -0.2) is 36.7 Å². The summed E-state index contributed by atoms with van der Waals surface area (Å²) >= 11 is 1.38. The van der Waals surface area contributed by atoms with Gasteiger partial charge in [0.05, 0.1) is 10.7 Å². The van der Waals surface area contributed by atoms with Crippen LogP contribution >= 0.6 is 11.3 Å².